The van der Waals surface area contributed by atoms with Crippen LogP contribution in [-0.4, -0.2) is 4.98 Å². The molecular formula is C17H14INS. The van der Waals surface area contributed by atoms with Gasteiger partial charge in [0, 0.05) is 14.0 Å². The summed E-state index contributed by atoms with van der Waals surface area (Å²) >= 11 is 4.08. The van der Waals surface area contributed by atoms with Crippen molar-refractivity contribution in [2.45, 2.75) is 13.8 Å². The molecule has 100 valence electrons. The minimum atomic E-state index is 1.11. The molecule has 3 heteroatoms. The van der Waals surface area contributed by atoms with Gasteiger partial charge in [0.25, 0.3) is 0 Å². The van der Waals surface area contributed by atoms with Gasteiger partial charge in [-0.15, -0.1) is 11.3 Å². The molecule has 0 saturated heterocycles. The lowest BCUT2D eigenvalue weighted by Crippen LogP contribution is -1.83. The van der Waals surface area contributed by atoms with Gasteiger partial charge in [-0.3, -0.25) is 0 Å². The largest absolute Gasteiger partial charge is 0.241 e. The predicted octanol–water partition coefficient (Wildman–Crippen LogP) is 5.70. The molecule has 0 fully saturated rings. The fraction of sp³-hybridized carbons (Fsp3) is 0.118. The molecule has 0 atom stereocenters. The lowest BCUT2D eigenvalue weighted by atomic mass is 10.0. The zero-order valence-electron chi connectivity index (χ0n) is 11.4. The highest BCUT2D eigenvalue weighted by atomic mass is 127. The Kier molecular flexibility index (Phi) is 3.89. The number of hydrogen-bond acceptors (Lipinski definition) is 2. The molecule has 3 aromatic rings. The summed E-state index contributed by atoms with van der Waals surface area (Å²) in [7, 11) is 0. The van der Waals surface area contributed by atoms with Crippen molar-refractivity contribution in [2.75, 3.05) is 0 Å². The van der Waals surface area contributed by atoms with Crippen molar-refractivity contribution in [1.29, 1.82) is 0 Å². The molecule has 0 spiro atoms. The molecule has 0 aliphatic rings. The second-order valence-corrected chi connectivity index (χ2v) is 7.37. The molecule has 3 rings (SSSR count). The smallest absolute Gasteiger partial charge is 0.0904 e. The summed E-state index contributed by atoms with van der Waals surface area (Å²) in [5.41, 5.74) is 4.81. The first-order valence-electron chi connectivity index (χ1n) is 6.44. The van der Waals surface area contributed by atoms with Gasteiger partial charge in [-0.2, -0.15) is 0 Å². The Labute approximate surface area is 136 Å². The summed E-state index contributed by atoms with van der Waals surface area (Å²) < 4.78 is 1.26. The van der Waals surface area contributed by atoms with E-state index in [0.717, 1.165) is 10.7 Å². The molecule has 0 bridgehead atoms. The van der Waals surface area contributed by atoms with Gasteiger partial charge in [0.15, 0.2) is 0 Å². The van der Waals surface area contributed by atoms with Gasteiger partial charge in [-0.25, -0.2) is 4.98 Å². The first-order chi connectivity index (χ1) is 9.63. The minimum Gasteiger partial charge on any atom is -0.241 e. The van der Waals surface area contributed by atoms with Crippen LogP contribution >= 0.6 is 33.9 Å². The summed E-state index contributed by atoms with van der Waals surface area (Å²) in [4.78, 5) is 5.89. The average molecular weight is 391 g/mol. The Hall–Kier alpha value is -1.20. The van der Waals surface area contributed by atoms with Crippen molar-refractivity contribution in [1.82, 2.24) is 4.98 Å². The SMILES string of the molecule is Cc1nc(-c2ccc(-c3ccc(I)cc3)cc2)c(C)s1. The van der Waals surface area contributed by atoms with E-state index < -0.39 is 0 Å². The van der Waals surface area contributed by atoms with Gasteiger partial charge in [-0.05, 0) is 59.7 Å². The van der Waals surface area contributed by atoms with Crippen molar-refractivity contribution in [3.05, 3.63) is 62.0 Å². The molecule has 1 aromatic heterocycles. The minimum absolute atomic E-state index is 1.11. The molecule has 0 unspecified atom stereocenters. The lowest BCUT2D eigenvalue weighted by molar-refractivity contribution is 1.28. The van der Waals surface area contributed by atoms with Crippen LogP contribution in [-0.2, 0) is 0 Å². The third-order valence-corrected chi connectivity index (χ3v) is 4.84. The van der Waals surface area contributed by atoms with E-state index in [0.29, 0.717) is 0 Å². The van der Waals surface area contributed by atoms with Crippen LogP contribution in [0.2, 0.25) is 0 Å². The van der Waals surface area contributed by atoms with Crippen LogP contribution in [0.5, 0.6) is 0 Å². The third-order valence-electron chi connectivity index (χ3n) is 3.24. The summed E-state index contributed by atoms with van der Waals surface area (Å²) in [6.07, 6.45) is 0. The van der Waals surface area contributed by atoms with Crippen molar-refractivity contribution < 1.29 is 0 Å². The molecule has 0 N–H and O–H groups in total. The second kappa shape index (κ2) is 5.66. The molecule has 2 aromatic carbocycles. The summed E-state index contributed by atoms with van der Waals surface area (Å²) in [5, 5.41) is 1.12. The van der Waals surface area contributed by atoms with Crippen LogP contribution in [0.3, 0.4) is 0 Å². The van der Waals surface area contributed by atoms with Crippen molar-refractivity contribution in [3.8, 4) is 22.4 Å². The number of thiazole rings is 1. The van der Waals surface area contributed by atoms with E-state index in [-0.39, 0.29) is 0 Å². The van der Waals surface area contributed by atoms with Crippen LogP contribution in [0.1, 0.15) is 9.88 Å². The van der Waals surface area contributed by atoms with Crippen LogP contribution in [0, 0.1) is 17.4 Å². The van der Waals surface area contributed by atoms with Crippen molar-refractivity contribution in [2.24, 2.45) is 0 Å². The van der Waals surface area contributed by atoms with Gasteiger partial charge in [-0.1, -0.05) is 36.4 Å². The monoisotopic (exact) mass is 391 g/mol. The molecule has 0 radical (unpaired) electrons. The second-order valence-electron chi connectivity index (χ2n) is 4.72. The van der Waals surface area contributed by atoms with Crippen LogP contribution in [0.25, 0.3) is 22.4 Å². The Bertz CT molecular complexity index is 727. The number of hydrogen-bond donors (Lipinski definition) is 0. The van der Waals surface area contributed by atoms with E-state index >= 15 is 0 Å². The fourth-order valence-corrected chi connectivity index (χ4v) is 3.46. The summed E-state index contributed by atoms with van der Waals surface area (Å²) in [6.45, 7) is 4.19. The zero-order valence-corrected chi connectivity index (χ0v) is 14.3. The third kappa shape index (κ3) is 2.79. The maximum atomic E-state index is 4.61. The highest BCUT2D eigenvalue weighted by molar-refractivity contribution is 14.1. The first kappa shape index (κ1) is 13.8. The van der Waals surface area contributed by atoms with E-state index in [4.69, 9.17) is 0 Å². The fourth-order valence-electron chi connectivity index (χ4n) is 2.26. The topological polar surface area (TPSA) is 12.9 Å². The number of aromatic nitrogens is 1. The van der Waals surface area contributed by atoms with Gasteiger partial charge in [0.2, 0.25) is 0 Å². The highest BCUT2D eigenvalue weighted by Crippen LogP contribution is 2.29. The standard InChI is InChI=1S/C17H14INS/c1-11-17(19-12(2)20-11)15-5-3-13(4-6-15)14-7-9-16(18)10-8-14/h3-10H,1-2H3. The molecule has 1 heterocycles. The quantitative estimate of drug-likeness (QED) is 0.511. The molecule has 1 nitrogen and oxygen atoms in total. The van der Waals surface area contributed by atoms with Gasteiger partial charge in [0.05, 0.1) is 10.7 Å². The predicted molar refractivity (Wildman–Crippen MR) is 95.2 cm³/mol. The van der Waals surface area contributed by atoms with E-state index in [9.17, 15) is 0 Å². The maximum Gasteiger partial charge on any atom is 0.0904 e. The molecule has 20 heavy (non-hydrogen) atoms. The number of halogens is 1. The Morgan fingerprint density at radius 3 is 1.80 bits per heavy atom. The molecule has 0 saturated carbocycles. The number of nitrogens with zero attached hydrogens (tertiary/aromatic N) is 1. The van der Waals surface area contributed by atoms with E-state index in [1.807, 2.05) is 0 Å². The number of rotatable bonds is 2. The van der Waals surface area contributed by atoms with E-state index in [1.54, 1.807) is 11.3 Å². The normalized spacial score (nSPS) is 10.8. The van der Waals surface area contributed by atoms with Gasteiger partial charge < -0.3 is 0 Å². The van der Waals surface area contributed by atoms with Crippen LogP contribution < -0.4 is 0 Å². The van der Waals surface area contributed by atoms with Crippen molar-refractivity contribution in [3.63, 3.8) is 0 Å². The number of aryl methyl sites for hydroxylation is 2. The van der Waals surface area contributed by atoms with E-state index in [2.05, 4.69) is 90.0 Å². The molecular weight excluding hydrogens is 377 g/mol. The van der Waals surface area contributed by atoms with E-state index in [1.165, 1.54) is 25.1 Å². The Balaban J connectivity index is 1.95. The highest BCUT2D eigenvalue weighted by Gasteiger charge is 2.07. The summed E-state index contributed by atoms with van der Waals surface area (Å²) in [5.74, 6) is 0. The average Bonchev–Trinajstić information content (AvgIpc) is 2.79. The first-order valence-corrected chi connectivity index (χ1v) is 8.33. The zero-order chi connectivity index (χ0) is 14.1. The van der Waals surface area contributed by atoms with Crippen molar-refractivity contribution >= 4 is 33.9 Å². The lowest BCUT2D eigenvalue weighted by Gasteiger charge is -2.04. The Morgan fingerprint density at radius 2 is 1.30 bits per heavy atom. The number of benzene rings is 2. The van der Waals surface area contributed by atoms with Gasteiger partial charge in [0.1, 0.15) is 0 Å². The maximum absolute atomic E-state index is 4.61. The van der Waals surface area contributed by atoms with Crippen LogP contribution in [0.4, 0.5) is 0 Å². The summed E-state index contributed by atoms with van der Waals surface area (Å²) in [6, 6.07) is 17.3. The van der Waals surface area contributed by atoms with Crippen LogP contribution in [0.15, 0.2) is 48.5 Å². The molecule has 0 aliphatic carbocycles. The molecule has 0 amide bonds. The van der Waals surface area contributed by atoms with Gasteiger partial charge >= 0.3 is 0 Å². The molecule has 0 aliphatic heterocycles. The Morgan fingerprint density at radius 1 is 0.800 bits per heavy atom.